The summed E-state index contributed by atoms with van der Waals surface area (Å²) in [5.41, 5.74) is 0.166. The Morgan fingerprint density at radius 2 is 1.89 bits per heavy atom. The molecule has 112 valence electrons. The molecule has 2 aliphatic carbocycles. The zero-order chi connectivity index (χ0) is 13.9. The van der Waals surface area contributed by atoms with Gasteiger partial charge in [0.15, 0.2) is 0 Å². The van der Waals surface area contributed by atoms with Crippen LogP contribution in [0.15, 0.2) is 0 Å². The molecule has 2 N–H and O–H groups in total. The molecule has 0 saturated heterocycles. The third kappa shape index (κ3) is 4.73. The second-order valence-corrected chi connectivity index (χ2v) is 7.16. The van der Waals surface area contributed by atoms with Crippen LogP contribution in [0.25, 0.3) is 0 Å². The molecule has 0 radical (unpaired) electrons. The second kappa shape index (κ2) is 6.55. The van der Waals surface area contributed by atoms with E-state index in [1.165, 1.54) is 32.1 Å². The van der Waals surface area contributed by atoms with E-state index >= 15 is 0 Å². The van der Waals surface area contributed by atoms with Crippen LogP contribution in [-0.4, -0.2) is 36.0 Å². The van der Waals surface area contributed by atoms with Gasteiger partial charge in [-0.3, -0.25) is 0 Å². The van der Waals surface area contributed by atoms with E-state index in [2.05, 4.69) is 26.1 Å². The predicted octanol–water partition coefficient (Wildman–Crippen LogP) is 2.72. The van der Waals surface area contributed by atoms with E-state index in [0.29, 0.717) is 25.2 Å². The average molecular weight is 269 g/mol. The number of rotatable bonds is 7. The minimum atomic E-state index is -0.382. The summed E-state index contributed by atoms with van der Waals surface area (Å²) in [7, 11) is 0. The molecule has 2 saturated carbocycles. The normalized spacial score (nSPS) is 30.3. The minimum Gasteiger partial charge on any atom is -0.389 e. The molecule has 2 rings (SSSR count). The van der Waals surface area contributed by atoms with Crippen LogP contribution in [0.5, 0.6) is 0 Å². The van der Waals surface area contributed by atoms with Gasteiger partial charge in [0, 0.05) is 12.1 Å². The Labute approximate surface area is 118 Å². The van der Waals surface area contributed by atoms with Crippen LogP contribution >= 0.6 is 0 Å². The fourth-order valence-corrected chi connectivity index (χ4v) is 3.15. The van der Waals surface area contributed by atoms with Crippen molar-refractivity contribution in [2.45, 2.75) is 77.0 Å². The van der Waals surface area contributed by atoms with E-state index in [4.69, 9.17) is 4.74 Å². The first-order valence-electron chi connectivity index (χ1n) is 8.03. The standard InChI is InChI=1S/C16H31NO2/c1-12-6-4-5-7-15(12)19-11-14(18)10-17-16(2,3)13-8-9-13/h12-15,17-18H,4-11H2,1-3H3. The highest BCUT2D eigenvalue weighted by molar-refractivity contribution is 4.94. The summed E-state index contributed by atoms with van der Waals surface area (Å²) in [6.45, 7) is 7.86. The minimum absolute atomic E-state index is 0.166. The molecule has 0 aliphatic heterocycles. The van der Waals surface area contributed by atoms with Gasteiger partial charge in [-0.15, -0.1) is 0 Å². The lowest BCUT2D eigenvalue weighted by Gasteiger charge is -2.31. The van der Waals surface area contributed by atoms with Crippen LogP contribution in [0, 0.1) is 11.8 Å². The van der Waals surface area contributed by atoms with E-state index in [-0.39, 0.29) is 11.6 Å². The van der Waals surface area contributed by atoms with Crippen LogP contribution < -0.4 is 5.32 Å². The second-order valence-electron chi connectivity index (χ2n) is 7.16. The monoisotopic (exact) mass is 269 g/mol. The first-order chi connectivity index (χ1) is 8.99. The Bertz CT molecular complexity index is 276. The lowest BCUT2D eigenvalue weighted by Crippen LogP contribution is -2.46. The predicted molar refractivity (Wildman–Crippen MR) is 78.2 cm³/mol. The van der Waals surface area contributed by atoms with E-state index < -0.39 is 0 Å². The summed E-state index contributed by atoms with van der Waals surface area (Å²) in [5.74, 6) is 1.44. The largest absolute Gasteiger partial charge is 0.389 e. The van der Waals surface area contributed by atoms with Crippen LogP contribution in [0.1, 0.15) is 59.3 Å². The van der Waals surface area contributed by atoms with Crippen LogP contribution in [-0.2, 0) is 4.74 Å². The summed E-state index contributed by atoms with van der Waals surface area (Å²) in [5, 5.41) is 13.5. The Balaban J connectivity index is 1.62. The van der Waals surface area contributed by atoms with Crippen LogP contribution in [0.4, 0.5) is 0 Å². The number of aliphatic hydroxyl groups excluding tert-OH is 1. The van der Waals surface area contributed by atoms with Crippen molar-refractivity contribution >= 4 is 0 Å². The molecule has 0 aromatic rings. The van der Waals surface area contributed by atoms with Crippen molar-refractivity contribution in [2.24, 2.45) is 11.8 Å². The number of nitrogens with one attached hydrogen (secondary N) is 1. The van der Waals surface area contributed by atoms with E-state index in [0.717, 1.165) is 12.3 Å². The smallest absolute Gasteiger partial charge is 0.0898 e. The lowest BCUT2D eigenvalue weighted by atomic mass is 9.88. The van der Waals surface area contributed by atoms with Gasteiger partial charge >= 0.3 is 0 Å². The molecule has 0 aromatic heterocycles. The molecule has 0 amide bonds. The summed E-state index contributed by atoms with van der Waals surface area (Å²) in [6, 6.07) is 0. The number of ether oxygens (including phenoxy) is 1. The van der Waals surface area contributed by atoms with Crippen molar-refractivity contribution in [2.75, 3.05) is 13.2 Å². The van der Waals surface area contributed by atoms with Gasteiger partial charge < -0.3 is 15.2 Å². The number of aliphatic hydroxyl groups is 1. The maximum absolute atomic E-state index is 10.0. The van der Waals surface area contributed by atoms with Gasteiger partial charge in [0.1, 0.15) is 0 Å². The highest BCUT2D eigenvalue weighted by Gasteiger charge is 2.37. The number of β-amino-alcohol motifs (C(OH)–C–C–N with tert-alkyl or cyclic N) is 1. The molecule has 0 spiro atoms. The Morgan fingerprint density at radius 1 is 1.21 bits per heavy atom. The maximum Gasteiger partial charge on any atom is 0.0898 e. The molecule has 2 aliphatic rings. The van der Waals surface area contributed by atoms with Crippen molar-refractivity contribution < 1.29 is 9.84 Å². The van der Waals surface area contributed by atoms with Crippen molar-refractivity contribution in [3.05, 3.63) is 0 Å². The van der Waals surface area contributed by atoms with Gasteiger partial charge in [-0.1, -0.05) is 19.8 Å². The first-order valence-corrected chi connectivity index (χ1v) is 8.03. The SMILES string of the molecule is CC1CCCCC1OCC(O)CNC(C)(C)C1CC1. The quantitative estimate of drug-likeness (QED) is 0.746. The highest BCUT2D eigenvalue weighted by Crippen LogP contribution is 2.39. The maximum atomic E-state index is 10.0. The van der Waals surface area contributed by atoms with Gasteiger partial charge in [-0.25, -0.2) is 0 Å². The summed E-state index contributed by atoms with van der Waals surface area (Å²) >= 11 is 0. The molecule has 3 heteroatoms. The van der Waals surface area contributed by atoms with E-state index in [1.807, 2.05) is 0 Å². The van der Waals surface area contributed by atoms with Gasteiger partial charge in [0.2, 0.25) is 0 Å². The first kappa shape index (κ1) is 15.3. The van der Waals surface area contributed by atoms with Crippen molar-refractivity contribution in [3.63, 3.8) is 0 Å². The highest BCUT2D eigenvalue weighted by atomic mass is 16.5. The van der Waals surface area contributed by atoms with Gasteiger partial charge in [0.25, 0.3) is 0 Å². The molecule has 2 fully saturated rings. The van der Waals surface area contributed by atoms with Gasteiger partial charge in [0.05, 0.1) is 18.8 Å². The van der Waals surface area contributed by atoms with Crippen LogP contribution in [0.3, 0.4) is 0 Å². The van der Waals surface area contributed by atoms with E-state index in [1.54, 1.807) is 0 Å². The van der Waals surface area contributed by atoms with Gasteiger partial charge in [-0.2, -0.15) is 0 Å². The van der Waals surface area contributed by atoms with Crippen LogP contribution in [0.2, 0.25) is 0 Å². The fraction of sp³-hybridized carbons (Fsp3) is 1.00. The zero-order valence-electron chi connectivity index (χ0n) is 12.8. The van der Waals surface area contributed by atoms with Gasteiger partial charge in [-0.05, 0) is 51.4 Å². The molecule has 0 heterocycles. The molecular formula is C16H31NO2. The third-order valence-electron chi connectivity index (χ3n) is 4.93. The molecule has 19 heavy (non-hydrogen) atoms. The van der Waals surface area contributed by atoms with E-state index in [9.17, 15) is 5.11 Å². The van der Waals surface area contributed by atoms with Crippen molar-refractivity contribution in [1.29, 1.82) is 0 Å². The Kier molecular flexibility index (Phi) is 5.27. The Hall–Kier alpha value is -0.120. The molecule has 0 aromatic carbocycles. The van der Waals surface area contributed by atoms with Crippen molar-refractivity contribution in [3.8, 4) is 0 Å². The molecule has 0 bridgehead atoms. The average Bonchev–Trinajstić information content (AvgIpc) is 3.20. The number of hydrogen-bond donors (Lipinski definition) is 2. The topological polar surface area (TPSA) is 41.5 Å². The summed E-state index contributed by atoms with van der Waals surface area (Å²) < 4.78 is 5.91. The zero-order valence-corrected chi connectivity index (χ0v) is 12.8. The molecule has 3 unspecified atom stereocenters. The third-order valence-corrected chi connectivity index (χ3v) is 4.93. The number of hydrogen-bond acceptors (Lipinski definition) is 3. The van der Waals surface area contributed by atoms with Crippen molar-refractivity contribution in [1.82, 2.24) is 5.32 Å². The lowest BCUT2D eigenvalue weighted by molar-refractivity contribution is -0.0465. The Morgan fingerprint density at radius 3 is 2.53 bits per heavy atom. The summed E-state index contributed by atoms with van der Waals surface area (Å²) in [4.78, 5) is 0. The molecule has 3 nitrogen and oxygen atoms in total. The molecule has 3 atom stereocenters. The molecular weight excluding hydrogens is 238 g/mol. The summed E-state index contributed by atoms with van der Waals surface area (Å²) in [6.07, 6.45) is 7.67. The fourth-order valence-electron chi connectivity index (χ4n) is 3.15.